The third kappa shape index (κ3) is 10.4. The summed E-state index contributed by atoms with van der Waals surface area (Å²) in [6, 6.07) is -9.11. The lowest BCUT2D eigenvalue weighted by Crippen LogP contribution is -2.50. The standard InChI is InChI=1S/C6H7F8N.C5H7F6NO/c1-15(6(12,13)14)5(10,11)2-4(8,9)3-7;1-12(5(9,10)11)4(7,8)2-13-3-6/h2-3H2,1H3;2-3H2,1H3. The fraction of sp³-hybridized carbons (Fsp3) is 1.00. The molecule has 0 amide bonds. The summed E-state index contributed by atoms with van der Waals surface area (Å²) in [6.07, 6.45) is -13.2. The third-order valence-corrected chi connectivity index (χ3v) is 2.76. The predicted octanol–water partition coefficient (Wildman–Crippen LogP) is 5.00. The van der Waals surface area contributed by atoms with Crippen molar-refractivity contribution in [2.24, 2.45) is 0 Å². The molecule has 0 aromatic carbocycles. The van der Waals surface area contributed by atoms with Gasteiger partial charge < -0.3 is 4.74 Å². The highest BCUT2D eigenvalue weighted by Crippen LogP contribution is 2.38. The van der Waals surface area contributed by atoms with Crippen molar-refractivity contribution in [3.63, 3.8) is 0 Å². The van der Waals surface area contributed by atoms with Crippen molar-refractivity contribution in [1.29, 1.82) is 0 Å². The van der Waals surface area contributed by atoms with E-state index in [9.17, 15) is 61.5 Å². The van der Waals surface area contributed by atoms with Gasteiger partial charge in [-0.25, -0.2) is 17.6 Å². The summed E-state index contributed by atoms with van der Waals surface area (Å²) in [4.78, 5) is -2.63. The van der Waals surface area contributed by atoms with E-state index in [4.69, 9.17) is 0 Å². The summed E-state index contributed by atoms with van der Waals surface area (Å²) < 4.78 is 171. The number of ether oxygens (including phenoxy) is 1. The molecule has 0 aromatic rings. The van der Waals surface area contributed by atoms with E-state index in [1.54, 1.807) is 0 Å². The van der Waals surface area contributed by atoms with Gasteiger partial charge in [-0.2, -0.15) is 53.7 Å². The van der Waals surface area contributed by atoms with Gasteiger partial charge in [-0.3, -0.25) is 0 Å². The Morgan fingerprint density at radius 3 is 1.29 bits per heavy atom. The van der Waals surface area contributed by atoms with Gasteiger partial charge in [0.05, 0.1) is 6.42 Å². The molecule has 0 saturated carbocycles. The van der Waals surface area contributed by atoms with Gasteiger partial charge in [-0.15, -0.1) is 0 Å². The SMILES string of the molecule is CN(C(F)(F)F)C(F)(F)CC(F)(F)CF.CN(C(F)(F)F)C(F)(F)COCF. The van der Waals surface area contributed by atoms with Crippen LogP contribution in [0.2, 0.25) is 0 Å². The van der Waals surface area contributed by atoms with Crippen LogP contribution in [0.5, 0.6) is 0 Å². The van der Waals surface area contributed by atoms with Gasteiger partial charge in [-0.05, 0) is 0 Å². The first-order valence-electron chi connectivity index (χ1n) is 6.58. The first-order chi connectivity index (χ1) is 12.1. The Morgan fingerprint density at radius 1 is 0.643 bits per heavy atom. The minimum atomic E-state index is -5.46. The molecule has 0 aliphatic rings. The molecular formula is C11H14F14N2O. The molecule has 0 radical (unpaired) electrons. The monoisotopic (exact) mass is 456 g/mol. The van der Waals surface area contributed by atoms with Crippen LogP contribution >= 0.6 is 0 Å². The highest BCUT2D eigenvalue weighted by atomic mass is 19.4. The summed E-state index contributed by atoms with van der Waals surface area (Å²) in [5, 5.41) is 0. The first-order valence-corrected chi connectivity index (χ1v) is 6.58. The number of hydrogen-bond donors (Lipinski definition) is 0. The van der Waals surface area contributed by atoms with Crippen LogP contribution in [0, 0.1) is 0 Å². The molecular weight excluding hydrogens is 442 g/mol. The zero-order valence-electron chi connectivity index (χ0n) is 13.9. The van der Waals surface area contributed by atoms with Crippen LogP contribution < -0.4 is 0 Å². The van der Waals surface area contributed by atoms with Crippen molar-refractivity contribution >= 4 is 0 Å². The number of rotatable bonds is 8. The number of halogens is 14. The molecule has 0 aliphatic heterocycles. The second-order valence-corrected chi connectivity index (χ2v) is 5.01. The average Bonchev–Trinajstić information content (AvgIpc) is 2.49. The Balaban J connectivity index is 0. The smallest absolute Gasteiger partial charge is 0.343 e. The third-order valence-electron chi connectivity index (χ3n) is 2.76. The zero-order chi connectivity index (χ0) is 23.2. The molecule has 0 atom stereocenters. The molecule has 0 spiro atoms. The van der Waals surface area contributed by atoms with E-state index >= 15 is 0 Å². The topological polar surface area (TPSA) is 15.7 Å². The molecule has 17 heteroatoms. The molecule has 28 heavy (non-hydrogen) atoms. The Bertz CT molecular complexity index is 450. The van der Waals surface area contributed by atoms with E-state index in [-0.39, 0.29) is 14.1 Å². The summed E-state index contributed by atoms with van der Waals surface area (Å²) in [5.74, 6) is -4.48. The van der Waals surface area contributed by atoms with E-state index in [1.807, 2.05) is 0 Å². The molecule has 0 unspecified atom stereocenters. The predicted molar refractivity (Wildman–Crippen MR) is 65.0 cm³/mol. The van der Waals surface area contributed by atoms with Gasteiger partial charge >= 0.3 is 24.7 Å². The van der Waals surface area contributed by atoms with E-state index in [1.165, 1.54) is 0 Å². The van der Waals surface area contributed by atoms with Crippen LogP contribution in [0.3, 0.4) is 0 Å². The molecule has 172 valence electrons. The molecule has 0 heterocycles. The van der Waals surface area contributed by atoms with Crippen LogP contribution in [-0.2, 0) is 4.74 Å². The molecule has 0 saturated heterocycles. The molecule has 0 rings (SSSR count). The van der Waals surface area contributed by atoms with Crippen LogP contribution in [0.25, 0.3) is 0 Å². The Labute approximate surface area is 148 Å². The van der Waals surface area contributed by atoms with Crippen molar-refractivity contribution in [3.05, 3.63) is 0 Å². The summed E-state index contributed by atoms with van der Waals surface area (Å²) in [7, 11) is 0.0654. The van der Waals surface area contributed by atoms with Crippen molar-refractivity contribution in [3.8, 4) is 0 Å². The maximum Gasteiger partial charge on any atom is 0.464 e. The largest absolute Gasteiger partial charge is 0.464 e. The van der Waals surface area contributed by atoms with Gasteiger partial charge in [0.2, 0.25) is 0 Å². The maximum absolute atomic E-state index is 12.6. The number of hydrogen-bond acceptors (Lipinski definition) is 3. The Hall–Kier alpha value is -1.10. The second-order valence-electron chi connectivity index (χ2n) is 5.01. The minimum absolute atomic E-state index is 0.0890. The molecule has 0 bridgehead atoms. The molecule has 3 nitrogen and oxygen atoms in total. The van der Waals surface area contributed by atoms with Crippen molar-refractivity contribution in [2.45, 2.75) is 37.0 Å². The quantitative estimate of drug-likeness (QED) is 0.378. The summed E-state index contributed by atoms with van der Waals surface area (Å²) in [6.45, 7) is -5.63. The number of nitrogens with zero attached hydrogens (tertiary/aromatic N) is 2. The second kappa shape index (κ2) is 10.1. The summed E-state index contributed by atoms with van der Waals surface area (Å²) in [5.41, 5.74) is 0. The zero-order valence-corrected chi connectivity index (χ0v) is 13.9. The summed E-state index contributed by atoms with van der Waals surface area (Å²) >= 11 is 0. The van der Waals surface area contributed by atoms with E-state index in [0.717, 1.165) is 0 Å². The van der Waals surface area contributed by atoms with Crippen LogP contribution in [0.1, 0.15) is 6.42 Å². The highest BCUT2D eigenvalue weighted by Gasteiger charge is 2.54. The fourth-order valence-electron chi connectivity index (χ4n) is 1.11. The minimum Gasteiger partial charge on any atom is -0.343 e. The first kappa shape index (κ1) is 29.1. The maximum atomic E-state index is 12.6. The van der Waals surface area contributed by atoms with Crippen molar-refractivity contribution < 1.29 is 66.2 Å². The van der Waals surface area contributed by atoms with Gasteiger partial charge in [0.25, 0.3) is 5.92 Å². The normalized spacial score (nSPS) is 14.4. The van der Waals surface area contributed by atoms with Crippen molar-refractivity contribution in [1.82, 2.24) is 9.80 Å². The Kier molecular flexibility index (Phi) is 10.5. The van der Waals surface area contributed by atoms with Crippen LogP contribution in [-0.4, -0.2) is 74.7 Å². The average molecular weight is 456 g/mol. The van der Waals surface area contributed by atoms with Gasteiger partial charge in [0, 0.05) is 14.1 Å². The fourth-order valence-corrected chi connectivity index (χ4v) is 1.11. The molecule has 0 aliphatic carbocycles. The number of likely N-dealkylation sites (N-methyl/N-ethyl adjacent to an activating group) is 1. The Morgan fingerprint density at radius 2 is 1.00 bits per heavy atom. The molecule has 0 fully saturated rings. The molecule has 0 aromatic heterocycles. The van der Waals surface area contributed by atoms with E-state index in [2.05, 4.69) is 4.74 Å². The number of alkyl halides is 14. The highest BCUT2D eigenvalue weighted by molar-refractivity contribution is 4.77. The van der Waals surface area contributed by atoms with Crippen molar-refractivity contribution in [2.75, 3.05) is 34.2 Å². The van der Waals surface area contributed by atoms with E-state index in [0.29, 0.717) is 0 Å². The van der Waals surface area contributed by atoms with Gasteiger partial charge in [-0.1, -0.05) is 0 Å². The lowest BCUT2D eigenvalue weighted by molar-refractivity contribution is -0.334. The van der Waals surface area contributed by atoms with Gasteiger partial charge in [0.1, 0.15) is 6.61 Å². The van der Waals surface area contributed by atoms with Crippen LogP contribution in [0.4, 0.5) is 61.5 Å². The van der Waals surface area contributed by atoms with Crippen LogP contribution in [0.15, 0.2) is 0 Å². The lowest BCUT2D eigenvalue weighted by Gasteiger charge is -2.30. The van der Waals surface area contributed by atoms with E-state index < -0.39 is 67.0 Å². The molecule has 0 N–H and O–H groups in total. The van der Waals surface area contributed by atoms with Gasteiger partial charge in [0.15, 0.2) is 13.5 Å². The lowest BCUT2D eigenvalue weighted by atomic mass is 10.2.